The van der Waals surface area contributed by atoms with Crippen LogP contribution in [0.15, 0.2) is 66.7 Å². The lowest BCUT2D eigenvalue weighted by molar-refractivity contribution is -0.384. The van der Waals surface area contributed by atoms with Crippen molar-refractivity contribution in [3.05, 3.63) is 93.8 Å². The minimum atomic E-state index is -1.01. The van der Waals surface area contributed by atoms with E-state index in [9.17, 15) is 19.3 Å². The minimum Gasteiger partial charge on any atom is -0.493 e. The van der Waals surface area contributed by atoms with Crippen LogP contribution in [-0.4, -0.2) is 33.7 Å². The molecule has 0 spiro atoms. The summed E-state index contributed by atoms with van der Waals surface area (Å²) in [6.45, 7) is 1.85. The zero-order chi connectivity index (χ0) is 24.9. The number of nitro groups is 1. The summed E-state index contributed by atoms with van der Waals surface area (Å²) in [7, 11) is 1.53. The van der Waals surface area contributed by atoms with Crippen LogP contribution in [0.5, 0.6) is 11.5 Å². The summed E-state index contributed by atoms with van der Waals surface area (Å²) in [5.74, 6) is 0.0580. The van der Waals surface area contributed by atoms with Crippen LogP contribution in [0.3, 0.4) is 0 Å². The predicted molar refractivity (Wildman–Crippen MR) is 130 cm³/mol. The van der Waals surface area contributed by atoms with Gasteiger partial charge in [-0.1, -0.05) is 18.2 Å². The lowest BCUT2D eigenvalue weighted by Crippen LogP contribution is -2.67. The third-order valence-corrected chi connectivity index (χ3v) is 6.65. The fourth-order valence-electron chi connectivity index (χ4n) is 4.70. The van der Waals surface area contributed by atoms with Gasteiger partial charge in [-0.2, -0.15) is 0 Å². The van der Waals surface area contributed by atoms with E-state index in [0.717, 1.165) is 0 Å². The number of carbonyl (C=O) groups is 1. The van der Waals surface area contributed by atoms with Crippen LogP contribution in [0.4, 0.5) is 15.8 Å². The molecule has 35 heavy (non-hydrogen) atoms. The van der Waals surface area contributed by atoms with Crippen molar-refractivity contribution in [1.82, 2.24) is 4.90 Å². The maximum absolute atomic E-state index is 13.8. The van der Waals surface area contributed by atoms with E-state index in [1.807, 2.05) is 13.0 Å². The molecule has 0 N–H and O–H groups in total. The zero-order valence-electron chi connectivity index (χ0n) is 18.8. The molecule has 1 saturated heterocycles. The highest BCUT2D eigenvalue weighted by atomic mass is 32.1. The van der Waals surface area contributed by atoms with Crippen LogP contribution >= 0.6 is 12.2 Å². The number of halogens is 1. The second kappa shape index (κ2) is 8.31. The molecule has 0 aliphatic carbocycles. The highest BCUT2D eigenvalue weighted by Gasteiger charge is 2.54. The topological polar surface area (TPSA) is 85.1 Å². The number of non-ortho nitro benzene ring substituents is 1. The van der Waals surface area contributed by atoms with E-state index in [2.05, 4.69) is 0 Å². The van der Waals surface area contributed by atoms with Crippen LogP contribution in [-0.2, 0) is 0 Å². The minimum absolute atomic E-state index is 0.125. The number of amides is 1. The molecule has 1 amide bonds. The molecule has 5 rings (SSSR count). The standard InChI is InChI=1S/C25H20FN3O5S/c1-25-14-20(19-7-4-8-21(33-2)22(19)34-25)27(23(30)15-5-3-6-18(13-15)29(31)32)24(35)28(25)17-11-9-16(26)10-12-17/h3-13,20H,14H2,1-2H3/t20-,25+/m0/s1. The summed E-state index contributed by atoms with van der Waals surface area (Å²) in [6, 6.07) is 16.1. The van der Waals surface area contributed by atoms with Gasteiger partial charge < -0.3 is 9.47 Å². The summed E-state index contributed by atoms with van der Waals surface area (Å²) < 4.78 is 25.7. The average Bonchev–Trinajstić information content (AvgIpc) is 2.84. The number of fused-ring (bicyclic) bond motifs is 4. The van der Waals surface area contributed by atoms with Gasteiger partial charge in [0.2, 0.25) is 0 Å². The van der Waals surface area contributed by atoms with Gasteiger partial charge in [-0.25, -0.2) is 4.39 Å². The van der Waals surface area contributed by atoms with Gasteiger partial charge in [-0.3, -0.25) is 24.7 Å². The van der Waals surface area contributed by atoms with E-state index >= 15 is 0 Å². The van der Waals surface area contributed by atoms with E-state index < -0.39 is 28.4 Å². The van der Waals surface area contributed by atoms with Crippen molar-refractivity contribution in [3.63, 3.8) is 0 Å². The predicted octanol–water partition coefficient (Wildman–Crippen LogP) is 5.23. The number of methoxy groups -OCH3 is 1. The van der Waals surface area contributed by atoms with Gasteiger partial charge >= 0.3 is 0 Å². The Kier molecular flexibility index (Phi) is 5.40. The summed E-state index contributed by atoms with van der Waals surface area (Å²) >= 11 is 5.83. The van der Waals surface area contributed by atoms with Crippen molar-refractivity contribution in [3.8, 4) is 11.5 Å². The normalized spacial score (nSPS) is 20.7. The molecule has 1 fully saturated rings. The van der Waals surface area contributed by atoms with Gasteiger partial charge in [0, 0.05) is 35.4 Å². The molecule has 0 unspecified atom stereocenters. The quantitative estimate of drug-likeness (QED) is 0.280. The number of ether oxygens (including phenoxy) is 2. The van der Waals surface area contributed by atoms with Gasteiger partial charge in [-0.15, -0.1) is 0 Å². The average molecular weight is 494 g/mol. The highest BCUT2D eigenvalue weighted by molar-refractivity contribution is 7.80. The molecule has 0 radical (unpaired) electrons. The molecule has 2 aliphatic heterocycles. The first-order chi connectivity index (χ1) is 16.7. The smallest absolute Gasteiger partial charge is 0.270 e. The second-order valence-electron chi connectivity index (χ2n) is 8.45. The van der Waals surface area contributed by atoms with Crippen LogP contribution < -0.4 is 14.4 Å². The Morgan fingerprint density at radius 1 is 1.20 bits per heavy atom. The van der Waals surface area contributed by atoms with E-state index in [-0.39, 0.29) is 16.4 Å². The molecule has 178 valence electrons. The molecule has 2 aliphatic rings. The Balaban J connectivity index is 1.69. The molecular weight excluding hydrogens is 473 g/mol. The number of para-hydroxylation sites is 1. The van der Waals surface area contributed by atoms with Crippen molar-refractivity contribution >= 4 is 34.6 Å². The first kappa shape index (κ1) is 22.7. The Bertz CT molecular complexity index is 1370. The number of nitro benzene ring substituents is 1. The maximum atomic E-state index is 13.8. The molecule has 2 atom stereocenters. The summed E-state index contributed by atoms with van der Waals surface area (Å²) in [5, 5.41) is 11.5. The molecule has 8 nitrogen and oxygen atoms in total. The first-order valence-corrected chi connectivity index (χ1v) is 11.2. The Hall–Kier alpha value is -4.05. The van der Waals surface area contributed by atoms with Crippen molar-refractivity contribution in [2.75, 3.05) is 12.0 Å². The number of benzene rings is 3. The van der Waals surface area contributed by atoms with Gasteiger partial charge in [0.05, 0.1) is 18.1 Å². The van der Waals surface area contributed by atoms with Gasteiger partial charge in [0.25, 0.3) is 11.6 Å². The fraction of sp³-hybridized carbons (Fsp3) is 0.200. The molecule has 2 bridgehead atoms. The zero-order valence-corrected chi connectivity index (χ0v) is 19.6. The summed E-state index contributed by atoms with van der Waals surface area (Å²) in [6.07, 6.45) is 0.339. The number of hydrogen-bond donors (Lipinski definition) is 0. The number of anilines is 1. The summed E-state index contributed by atoms with van der Waals surface area (Å²) in [4.78, 5) is 27.7. The molecule has 0 saturated carbocycles. The maximum Gasteiger partial charge on any atom is 0.270 e. The second-order valence-corrected chi connectivity index (χ2v) is 8.82. The number of carbonyl (C=O) groups excluding carboxylic acids is 1. The fourth-order valence-corrected chi connectivity index (χ4v) is 5.21. The lowest BCUT2D eigenvalue weighted by Gasteiger charge is -2.55. The van der Waals surface area contributed by atoms with Crippen molar-refractivity contribution < 1.29 is 23.6 Å². The largest absolute Gasteiger partial charge is 0.493 e. The number of rotatable bonds is 4. The molecule has 3 aromatic rings. The lowest BCUT2D eigenvalue weighted by atomic mass is 9.88. The number of nitrogens with zero attached hydrogens (tertiary/aromatic N) is 3. The first-order valence-electron chi connectivity index (χ1n) is 10.8. The van der Waals surface area contributed by atoms with E-state index in [0.29, 0.717) is 29.2 Å². The van der Waals surface area contributed by atoms with Crippen molar-refractivity contribution in [2.45, 2.75) is 25.1 Å². The summed E-state index contributed by atoms with van der Waals surface area (Å²) in [5.41, 5.74) is 0.156. The Morgan fingerprint density at radius 3 is 2.60 bits per heavy atom. The van der Waals surface area contributed by atoms with Crippen molar-refractivity contribution in [2.24, 2.45) is 0 Å². The third-order valence-electron chi connectivity index (χ3n) is 6.27. The van der Waals surface area contributed by atoms with Crippen LogP contribution in [0.2, 0.25) is 0 Å². The molecule has 0 aromatic heterocycles. The monoisotopic (exact) mass is 493 g/mol. The van der Waals surface area contributed by atoms with Crippen LogP contribution in [0.25, 0.3) is 0 Å². The van der Waals surface area contributed by atoms with Gasteiger partial charge in [0.1, 0.15) is 5.82 Å². The van der Waals surface area contributed by atoms with Gasteiger partial charge in [0.15, 0.2) is 22.3 Å². The van der Waals surface area contributed by atoms with E-state index in [1.54, 1.807) is 29.2 Å². The Morgan fingerprint density at radius 2 is 1.91 bits per heavy atom. The van der Waals surface area contributed by atoms with Crippen LogP contribution in [0, 0.1) is 15.9 Å². The molecule has 10 heteroatoms. The van der Waals surface area contributed by atoms with Crippen molar-refractivity contribution in [1.29, 1.82) is 0 Å². The van der Waals surface area contributed by atoms with Gasteiger partial charge in [-0.05, 0) is 55.5 Å². The Labute approximate surface area is 205 Å². The molecule has 3 aromatic carbocycles. The molecular formula is C25H20FN3O5S. The van der Waals surface area contributed by atoms with E-state index in [4.69, 9.17) is 21.7 Å². The van der Waals surface area contributed by atoms with E-state index in [1.165, 1.54) is 48.4 Å². The molecule has 2 heterocycles. The number of hydrogen-bond acceptors (Lipinski definition) is 6. The third kappa shape index (κ3) is 3.66. The van der Waals surface area contributed by atoms with Crippen LogP contribution in [0.1, 0.15) is 35.3 Å². The number of thiocarbonyl (C=S) groups is 1. The SMILES string of the molecule is COc1cccc2c1O[C@]1(C)C[C@@H]2N(C(=O)c2cccc([N+](=O)[O-])c2)C(=S)N1c1ccc(F)cc1. The highest BCUT2D eigenvalue weighted by Crippen LogP contribution is 2.52.